The zero-order valence-corrected chi connectivity index (χ0v) is 15.5. The van der Waals surface area contributed by atoms with E-state index in [0.717, 1.165) is 18.4 Å². The van der Waals surface area contributed by atoms with Crippen LogP contribution in [0.5, 0.6) is 0 Å². The van der Waals surface area contributed by atoms with Crippen molar-refractivity contribution in [1.29, 1.82) is 0 Å². The second-order valence-electron chi connectivity index (χ2n) is 7.16. The van der Waals surface area contributed by atoms with E-state index < -0.39 is 12.5 Å². The van der Waals surface area contributed by atoms with Crippen molar-refractivity contribution in [1.82, 2.24) is 9.97 Å². The van der Waals surface area contributed by atoms with Crippen LogP contribution in [0.4, 0.5) is 26.1 Å². The maximum atomic E-state index is 13.7. The van der Waals surface area contributed by atoms with Gasteiger partial charge in [0.05, 0.1) is 13.1 Å². The summed E-state index contributed by atoms with van der Waals surface area (Å²) in [5.41, 5.74) is 7.30. The fourth-order valence-electron chi connectivity index (χ4n) is 3.25. The number of halogens is 3. The maximum absolute atomic E-state index is 13.7. The van der Waals surface area contributed by atoms with Crippen molar-refractivity contribution in [3.63, 3.8) is 0 Å². The summed E-state index contributed by atoms with van der Waals surface area (Å²) in [7, 11) is 0. The molecule has 2 aliphatic rings. The predicted molar refractivity (Wildman–Crippen MR) is 102 cm³/mol. The van der Waals surface area contributed by atoms with Crippen LogP contribution in [-0.4, -0.2) is 29.0 Å². The van der Waals surface area contributed by atoms with Gasteiger partial charge in [-0.05, 0) is 24.5 Å². The first kappa shape index (κ1) is 18.2. The van der Waals surface area contributed by atoms with Crippen molar-refractivity contribution in [3.05, 3.63) is 40.7 Å². The average Bonchev–Trinajstić information content (AvgIpc) is 3.40. The normalized spacial score (nSPS) is 18.7. The molecule has 1 aromatic heterocycles. The Morgan fingerprint density at radius 3 is 2.63 bits per heavy atom. The van der Waals surface area contributed by atoms with Gasteiger partial charge in [0.2, 0.25) is 0 Å². The molecule has 4 N–H and O–H groups in total. The molecule has 0 radical (unpaired) electrons. The van der Waals surface area contributed by atoms with Gasteiger partial charge in [-0.1, -0.05) is 29.8 Å². The molecule has 1 saturated carbocycles. The molecule has 0 unspecified atom stereocenters. The number of hydrogen-bond acceptors (Lipinski definition) is 6. The van der Waals surface area contributed by atoms with Crippen LogP contribution in [-0.2, 0) is 6.54 Å². The van der Waals surface area contributed by atoms with Crippen molar-refractivity contribution in [2.45, 2.75) is 37.6 Å². The number of hydrazine groups is 1. The lowest BCUT2D eigenvalue weighted by atomic mass is 10.2. The molecule has 2 fully saturated rings. The van der Waals surface area contributed by atoms with E-state index in [1.807, 2.05) is 18.2 Å². The smallest absolute Gasteiger partial charge is 0.266 e. The van der Waals surface area contributed by atoms with E-state index in [9.17, 15) is 8.78 Å². The summed E-state index contributed by atoms with van der Waals surface area (Å²) in [4.78, 5) is 10.6. The number of anilines is 3. The van der Waals surface area contributed by atoms with Gasteiger partial charge < -0.3 is 10.6 Å². The van der Waals surface area contributed by atoms with Crippen LogP contribution in [0.2, 0.25) is 5.02 Å². The summed E-state index contributed by atoms with van der Waals surface area (Å²) in [6.07, 6.45) is 1.75. The van der Waals surface area contributed by atoms with E-state index in [-0.39, 0.29) is 24.6 Å². The summed E-state index contributed by atoms with van der Waals surface area (Å²) < 4.78 is 27.4. The summed E-state index contributed by atoms with van der Waals surface area (Å²) in [5.74, 6) is 5.04. The Morgan fingerprint density at radius 2 is 2.00 bits per heavy atom. The SMILES string of the molecule is Nc1c(N(N)Cc2ccccc2Cl)nc(C2CC2)nc1N1CCC(F)(F)C1. The Labute approximate surface area is 161 Å². The van der Waals surface area contributed by atoms with Crippen LogP contribution >= 0.6 is 11.6 Å². The topological polar surface area (TPSA) is 84.3 Å². The highest BCUT2D eigenvalue weighted by Crippen LogP contribution is 2.42. The molecule has 0 amide bonds. The minimum Gasteiger partial charge on any atom is -0.393 e. The zero-order valence-electron chi connectivity index (χ0n) is 14.7. The van der Waals surface area contributed by atoms with E-state index in [4.69, 9.17) is 23.2 Å². The molecule has 27 heavy (non-hydrogen) atoms. The lowest BCUT2D eigenvalue weighted by Crippen LogP contribution is -2.34. The number of benzene rings is 1. The molecule has 2 aromatic rings. The quantitative estimate of drug-likeness (QED) is 0.597. The van der Waals surface area contributed by atoms with E-state index >= 15 is 0 Å². The first-order chi connectivity index (χ1) is 12.8. The molecule has 144 valence electrons. The number of aromatic nitrogens is 2. The average molecular weight is 395 g/mol. The Balaban J connectivity index is 1.68. The Bertz CT molecular complexity index is 858. The molecule has 0 bridgehead atoms. The van der Waals surface area contributed by atoms with Gasteiger partial charge in [-0.25, -0.2) is 24.6 Å². The molecule has 6 nitrogen and oxygen atoms in total. The number of nitrogens with two attached hydrogens (primary N) is 2. The molecular weight excluding hydrogens is 374 g/mol. The Hall–Kier alpha value is -2.19. The number of nitrogen functional groups attached to an aromatic ring is 1. The number of rotatable bonds is 5. The molecule has 4 rings (SSSR count). The van der Waals surface area contributed by atoms with Gasteiger partial charge in [0, 0.05) is 23.9 Å². The van der Waals surface area contributed by atoms with Crippen LogP contribution in [0.3, 0.4) is 0 Å². The molecule has 1 saturated heterocycles. The molecule has 1 aliphatic heterocycles. The standard InChI is InChI=1S/C18H21ClF2N6/c19-13-4-2-1-3-12(13)9-27(23)17-14(22)16(24-15(25-17)11-5-6-11)26-8-7-18(20,21)10-26/h1-4,11H,5-10,22-23H2. The molecule has 1 aliphatic carbocycles. The van der Waals surface area contributed by atoms with Crippen molar-refractivity contribution in [2.24, 2.45) is 5.84 Å². The van der Waals surface area contributed by atoms with E-state index in [2.05, 4.69) is 9.97 Å². The summed E-state index contributed by atoms with van der Waals surface area (Å²) in [6, 6.07) is 7.35. The molecule has 0 spiro atoms. The monoisotopic (exact) mass is 394 g/mol. The second kappa shape index (κ2) is 6.76. The maximum Gasteiger partial charge on any atom is 0.266 e. The minimum atomic E-state index is -2.74. The summed E-state index contributed by atoms with van der Waals surface area (Å²) in [6.45, 7) is 0.0975. The fourth-order valence-corrected chi connectivity index (χ4v) is 3.44. The molecule has 2 heterocycles. The second-order valence-corrected chi connectivity index (χ2v) is 7.57. The Kier molecular flexibility index (Phi) is 4.55. The summed E-state index contributed by atoms with van der Waals surface area (Å²) in [5, 5.41) is 1.99. The molecule has 9 heteroatoms. The first-order valence-corrected chi connectivity index (χ1v) is 9.28. The van der Waals surface area contributed by atoms with Crippen molar-refractivity contribution >= 4 is 28.9 Å². The van der Waals surface area contributed by atoms with E-state index in [1.54, 1.807) is 6.07 Å². The predicted octanol–water partition coefficient (Wildman–Crippen LogP) is 3.32. The highest BCUT2D eigenvalue weighted by Gasteiger charge is 2.40. The van der Waals surface area contributed by atoms with Crippen LogP contribution in [0.15, 0.2) is 24.3 Å². The van der Waals surface area contributed by atoms with E-state index in [0.29, 0.717) is 29.0 Å². The number of alkyl halides is 2. The molecular formula is C18H21ClF2N6. The van der Waals surface area contributed by atoms with Gasteiger partial charge >= 0.3 is 0 Å². The van der Waals surface area contributed by atoms with Gasteiger partial charge in [-0.15, -0.1) is 0 Å². The number of nitrogens with zero attached hydrogens (tertiary/aromatic N) is 4. The van der Waals surface area contributed by atoms with Crippen LogP contribution in [0.25, 0.3) is 0 Å². The largest absolute Gasteiger partial charge is 0.393 e. The minimum absolute atomic E-state index is 0.201. The van der Waals surface area contributed by atoms with Crippen LogP contribution in [0.1, 0.15) is 36.6 Å². The third kappa shape index (κ3) is 3.77. The van der Waals surface area contributed by atoms with Crippen LogP contribution < -0.4 is 21.5 Å². The highest BCUT2D eigenvalue weighted by molar-refractivity contribution is 6.31. The van der Waals surface area contributed by atoms with Gasteiger partial charge in [-0.3, -0.25) is 5.01 Å². The first-order valence-electron chi connectivity index (χ1n) is 8.90. The van der Waals surface area contributed by atoms with E-state index in [1.165, 1.54) is 9.91 Å². The van der Waals surface area contributed by atoms with Gasteiger partial charge in [0.1, 0.15) is 11.5 Å². The number of hydrogen-bond donors (Lipinski definition) is 2. The Morgan fingerprint density at radius 1 is 1.26 bits per heavy atom. The van der Waals surface area contributed by atoms with Crippen molar-refractivity contribution < 1.29 is 8.78 Å². The zero-order chi connectivity index (χ0) is 19.2. The molecule has 0 atom stereocenters. The van der Waals surface area contributed by atoms with Gasteiger partial charge in [0.25, 0.3) is 5.92 Å². The van der Waals surface area contributed by atoms with Crippen LogP contribution in [0, 0.1) is 0 Å². The van der Waals surface area contributed by atoms with Gasteiger partial charge in [-0.2, -0.15) is 0 Å². The third-order valence-electron chi connectivity index (χ3n) is 4.90. The van der Waals surface area contributed by atoms with Crippen molar-refractivity contribution in [2.75, 3.05) is 28.7 Å². The fraction of sp³-hybridized carbons (Fsp3) is 0.444. The van der Waals surface area contributed by atoms with Gasteiger partial charge in [0.15, 0.2) is 11.6 Å². The summed E-state index contributed by atoms with van der Waals surface area (Å²) >= 11 is 6.22. The third-order valence-corrected chi connectivity index (χ3v) is 5.27. The lowest BCUT2D eigenvalue weighted by molar-refractivity contribution is 0.0257. The van der Waals surface area contributed by atoms with Crippen molar-refractivity contribution in [3.8, 4) is 0 Å². The molecule has 1 aromatic carbocycles. The highest BCUT2D eigenvalue weighted by atomic mass is 35.5. The lowest BCUT2D eigenvalue weighted by Gasteiger charge is -2.25.